The van der Waals surface area contributed by atoms with Crippen molar-refractivity contribution in [2.24, 2.45) is 0 Å². The van der Waals surface area contributed by atoms with Crippen LogP contribution in [0.2, 0.25) is 0 Å². The van der Waals surface area contributed by atoms with Crippen molar-refractivity contribution < 1.29 is 0 Å². The van der Waals surface area contributed by atoms with Crippen LogP contribution in [0.5, 0.6) is 0 Å². The second-order valence-corrected chi connectivity index (χ2v) is 16.4. The summed E-state index contributed by atoms with van der Waals surface area (Å²) >= 11 is 1.89. The molecule has 0 N–H and O–H groups in total. The van der Waals surface area contributed by atoms with Gasteiger partial charge in [0.2, 0.25) is 0 Å². The van der Waals surface area contributed by atoms with Crippen LogP contribution in [0.3, 0.4) is 0 Å². The Balaban J connectivity index is 0.993. The Labute approximate surface area is 354 Å². The molecule has 0 aliphatic rings. The Morgan fingerprint density at radius 3 is 1.25 bits per heavy atom. The smallest absolute Gasteiger partial charge is 0.0476 e. The minimum absolute atomic E-state index is 1.13. The fourth-order valence-electron chi connectivity index (χ4n) is 8.65. The number of thiophene rings is 1. The molecule has 11 aromatic rings. The minimum Gasteiger partial charge on any atom is -0.310 e. The van der Waals surface area contributed by atoms with Gasteiger partial charge < -0.3 is 4.90 Å². The number of hydrogen-bond acceptors (Lipinski definition) is 2. The molecule has 0 aliphatic carbocycles. The summed E-state index contributed by atoms with van der Waals surface area (Å²) < 4.78 is 2.59. The normalized spacial score (nSPS) is 11.3. The number of para-hydroxylation sites is 1. The van der Waals surface area contributed by atoms with Gasteiger partial charge in [-0.1, -0.05) is 176 Å². The van der Waals surface area contributed by atoms with E-state index in [2.05, 4.69) is 241 Å². The van der Waals surface area contributed by atoms with Crippen LogP contribution >= 0.6 is 11.3 Å². The van der Waals surface area contributed by atoms with Gasteiger partial charge in [-0.15, -0.1) is 11.3 Å². The predicted octanol–water partition coefficient (Wildman–Crippen LogP) is 17.0. The Hall–Kier alpha value is -7.52. The van der Waals surface area contributed by atoms with Gasteiger partial charge in [0.25, 0.3) is 0 Å². The fraction of sp³-hybridized carbons (Fsp3) is 0. The number of rotatable bonds is 8. The third kappa shape index (κ3) is 6.63. The fourth-order valence-corrected chi connectivity index (χ4v) is 9.91. The van der Waals surface area contributed by atoms with Crippen molar-refractivity contribution in [2.75, 3.05) is 4.90 Å². The van der Waals surface area contributed by atoms with Crippen LogP contribution in [0.25, 0.3) is 86.6 Å². The van der Waals surface area contributed by atoms with Crippen molar-refractivity contribution in [3.05, 3.63) is 237 Å². The van der Waals surface area contributed by atoms with Crippen LogP contribution < -0.4 is 4.90 Å². The SMILES string of the molecule is c1ccc(-c2ccc(N(c3ccccc3)c3ccc4c(c3)sc3c5ccccc5c(-c5ccc(-c6cc(-c7ccccc7)cc(-c7ccccc7)c6)cc5)cc43)cc2)cc1. The van der Waals surface area contributed by atoms with Crippen LogP contribution in [0.15, 0.2) is 237 Å². The summed E-state index contributed by atoms with van der Waals surface area (Å²) in [6, 6.07) is 86.0. The first-order chi connectivity index (χ1) is 29.7. The lowest BCUT2D eigenvalue weighted by molar-refractivity contribution is 1.29. The molecular formula is C58H39NS. The molecule has 10 aromatic carbocycles. The number of hydrogen-bond donors (Lipinski definition) is 0. The van der Waals surface area contributed by atoms with E-state index in [1.165, 1.54) is 86.6 Å². The van der Waals surface area contributed by atoms with E-state index < -0.39 is 0 Å². The Bertz CT molecular complexity index is 3200. The summed E-state index contributed by atoms with van der Waals surface area (Å²) in [5.74, 6) is 0. The summed E-state index contributed by atoms with van der Waals surface area (Å²) in [5.41, 5.74) is 15.6. The second kappa shape index (κ2) is 15.3. The lowest BCUT2D eigenvalue weighted by atomic mass is 9.91. The Morgan fingerprint density at radius 1 is 0.250 bits per heavy atom. The zero-order valence-corrected chi connectivity index (χ0v) is 33.7. The molecule has 0 amide bonds. The highest BCUT2D eigenvalue weighted by Gasteiger charge is 2.18. The molecule has 60 heavy (non-hydrogen) atoms. The first kappa shape index (κ1) is 35.6. The average Bonchev–Trinajstić information content (AvgIpc) is 3.71. The van der Waals surface area contributed by atoms with E-state index in [9.17, 15) is 0 Å². The molecule has 0 radical (unpaired) electrons. The third-order valence-corrected chi connectivity index (χ3v) is 12.8. The molecule has 1 nitrogen and oxygen atoms in total. The largest absolute Gasteiger partial charge is 0.310 e. The van der Waals surface area contributed by atoms with Gasteiger partial charge in [-0.05, 0) is 122 Å². The van der Waals surface area contributed by atoms with E-state index >= 15 is 0 Å². The van der Waals surface area contributed by atoms with Crippen molar-refractivity contribution in [3.63, 3.8) is 0 Å². The molecule has 0 aliphatic heterocycles. The molecule has 0 unspecified atom stereocenters. The molecule has 2 heteroatoms. The lowest BCUT2D eigenvalue weighted by Gasteiger charge is -2.25. The van der Waals surface area contributed by atoms with Gasteiger partial charge in [0.05, 0.1) is 0 Å². The molecule has 1 heterocycles. The maximum absolute atomic E-state index is 2.42. The molecule has 0 bridgehead atoms. The van der Waals surface area contributed by atoms with Gasteiger partial charge in [0.15, 0.2) is 0 Å². The summed E-state index contributed by atoms with van der Waals surface area (Å²) in [6.45, 7) is 0. The zero-order chi connectivity index (χ0) is 39.8. The summed E-state index contributed by atoms with van der Waals surface area (Å²) in [6.07, 6.45) is 0. The number of nitrogens with zero attached hydrogens (tertiary/aromatic N) is 1. The lowest BCUT2D eigenvalue weighted by Crippen LogP contribution is -2.09. The molecule has 0 spiro atoms. The third-order valence-electron chi connectivity index (χ3n) is 11.6. The van der Waals surface area contributed by atoms with E-state index in [0.717, 1.165) is 17.1 Å². The van der Waals surface area contributed by atoms with Gasteiger partial charge >= 0.3 is 0 Å². The molecule has 0 saturated carbocycles. The molecule has 0 fully saturated rings. The van der Waals surface area contributed by atoms with Crippen LogP contribution in [-0.2, 0) is 0 Å². The zero-order valence-electron chi connectivity index (χ0n) is 32.9. The highest BCUT2D eigenvalue weighted by atomic mass is 32.1. The van der Waals surface area contributed by atoms with Crippen molar-refractivity contribution >= 4 is 59.3 Å². The van der Waals surface area contributed by atoms with E-state index in [4.69, 9.17) is 0 Å². The van der Waals surface area contributed by atoms with E-state index in [-0.39, 0.29) is 0 Å². The van der Waals surface area contributed by atoms with E-state index in [1.807, 2.05) is 11.3 Å². The highest BCUT2D eigenvalue weighted by Crippen LogP contribution is 2.46. The van der Waals surface area contributed by atoms with Crippen molar-refractivity contribution in [2.45, 2.75) is 0 Å². The van der Waals surface area contributed by atoms with Gasteiger partial charge in [0.1, 0.15) is 0 Å². The summed E-state index contributed by atoms with van der Waals surface area (Å²) in [4.78, 5) is 2.36. The van der Waals surface area contributed by atoms with Crippen molar-refractivity contribution in [3.8, 4) is 55.6 Å². The maximum Gasteiger partial charge on any atom is 0.0476 e. The molecule has 0 atom stereocenters. The van der Waals surface area contributed by atoms with Crippen LogP contribution in [0.4, 0.5) is 17.1 Å². The molecular weight excluding hydrogens is 743 g/mol. The minimum atomic E-state index is 1.13. The molecule has 0 saturated heterocycles. The Morgan fingerprint density at radius 2 is 0.667 bits per heavy atom. The summed E-state index contributed by atoms with van der Waals surface area (Å²) in [5, 5.41) is 5.13. The van der Waals surface area contributed by atoms with Crippen LogP contribution in [-0.4, -0.2) is 0 Å². The number of fused-ring (bicyclic) bond motifs is 5. The monoisotopic (exact) mass is 781 g/mol. The van der Waals surface area contributed by atoms with Gasteiger partial charge in [-0.3, -0.25) is 0 Å². The van der Waals surface area contributed by atoms with E-state index in [0.29, 0.717) is 0 Å². The quantitative estimate of drug-likeness (QED) is 0.148. The first-order valence-electron chi connectivity index (χ1n) is 20.5. The van der Waals surface area contributed by atoms with Gasteiger partial charge in [0, 0.05) is 42.6 Å². The number of anilines is 3. The Kier molecular flexibility index (Phi) is 9.11. The van der Waals surface area contributed by atoms with Gasteiger partial charge in [-0.25, -0.2) is 0 Å². The topological polar surface area (TPSA) is 3.24 Å². The number of benzene rings is 10. The average molecular weight is 782 g/mol. The molecule has 282 valence electrons. The summed E-state index contributed by atoms with van der Waals surface area (Å²) in [7, 11) is 0. The van der Waals surface area contributed by atoms with Crippen LogP contribution in [0.1, 0.15) is 0 Å². The van der Waals surface area contributed by atoms with Crippen molar-refractivity contribution in [1.29, 1.82) is 0 Å². The molecule has 11 rings (SSSR count). The second-order valence-electron chi connectivity index (χ2n) is 15.3. The standard InChI is InChI=1S/C58H39NS/c1-5-15-40(16-6-1)43-29-31-50(32-30-43)59(49-21-11-4-12-22-49)51-33-34-53-56-39-55(52-23-13-14-24-54(52)58(56)60-57(53)38-51)45-27-25-44(26-28-45)48-36-46(41-17-7-2-8-18-41)35-47(37-48)42-19-9-3-10-20-42/h1-39H. The van der Waals surface area contributed by atoms with Crippen molar-refractivity contribution in [1.82, 2.24) is 0 Å². The van der Waals surface area contributed by atoms with Gasteiger partial charge in [-0.2, -0.15) is 0 Å². The van der Waals surface area contributed by atoms with E-state index in [1.54, 1.807) is 0 Å². The first-order valence-corrected chi connectivity index (χ1v) is 21.3. The maximum atomic E-state index is 2.42. The van der Waals surface area contributed by atoms with Crippen LogP contribution in [0, 0.1) is 0 Å². The predicted molar refractivity (Wildman–Crippen MR) is 259 cm³/mol. The molecule has 1 aromatic heterocycles. The highest BCUT2D eigenvalue weighted by molar-refractivity contribution is 7.26.